The number of aromatic nitrogens is 2. The third kappa shape index (κ3) is 2.31. The summed E-state index contributed by atoms with van der Waals surface area (Å²) in [4.78, 5) is 23.0. The molecule has 19 heavy (non-hydrogen) atoms. The van der Waals surface area contributed by atoms with Gasteiger partial charge in [0.15, 0.2) is 5.82 Å². The highest BCUT2D eigenvalue weighted by molar-refractivity contribution is 6.28. The number of anilines is 2. The van der Waals surface area contributed by atoms with Crippen molar-refractivity contribution in [3.05, 3.63) is 11.5 Å². The summed E-state index contributed by atoms with van der Waals surface area (Å²) in [5.74, 6) is -0.188. The molecule has 0 aromatic carbocycles. The number of nitrogens with zero attached hydrogens (tertiary/aromatic N) is 4. The van der Waals surface area contributed by atoms with Crippen LogP contribution in [0.25, 0.3) is 0 Å². The lowest BCUT2D eigenvalue weighted by molar-refractivity contribution is -0.135. The molecule has 3 rings (SSSR count). The molecule has 1 fully saturated rings. The summed E-state index contributed by atoms with van der Waals surface area (Å²) in [7, 11) is 0. The van der Waals surface area contributed by atoms with Crippen LogP contribution in [0.3, 0.4) is 0 Å². The molecule has 3 heterocycles. The van der Waals surface area contributed by atoms with Crippen molar-refractivity contribution in [3.63, 3.8) is 0 Å². The Morgan fingerprint density at radius 3 is 3.26 bits per heavy atom. The van der Waals surface area contributed by atoms with Gasteiger partial charge in [0.2, 0.25) is 5.28 Å². The Hall–Kier alpha value is -1.60. The average molecular weight is 285 g/mol. The largest absolute Gasteiger partial charge is 0.480 e. The van der Waals surface area contributed by atoms with Crippen LogP contribution in [-0.4, -0.2) is 59.9 Å². The van der Waals surface area contributed by atoms with Crippen molar-refractivity contribution in [2.45, 2.75) is 6.04 Å². The molecule has 1 aromatic heterocycles. The van der Waals surface area contributed by atoms with Crippen LogP contribution in [0.4, 0.5) is 11.5 Å². The molecule has 2 aliphatic rings. The highest BCUT2D eigenvalue weighted by Gasteiger charge is 2.35. The van der Waals surface area contributed by atoms with Crippen molar-refractivity contribution in [1.82, 2.24) is 9.97 Å². The second kappa shape index (κ2) is 4.82. The number of carboxylic acids is 1. The zero-order chi connectivity index (χ0) is 13.4. The zero-order valence-electron chi connectivity index (χ0n) is 10.1. The van der Waals surface area contributed by atoms with E-state index < -0.39 is 5.97 Å². The first-order valence-electron chi connectivity index (χ1n) is 5.99. The minimum absolute atomic E-state index is 0.0810. The Balaban J connectivity index is 2.00. The fourth-order valence-electron chi connectivity index (χ4n) is 2.53. The fourth-order valence-corrected chi connectivity index (χ4v) is 2.66. The minimum atomic E-state index is -0.883. The third-order valence-corrected chi connectivity index (χ3v) is 3.50. The lowest BCUT2D eigenvalue weighted by Gasteiger charge is -2.45. The number of carboxylic acid groups (broad SMARTS) is 1. The summed E-state index contributed by atoms with van der Waals surface area (Å²) in [6.07, 6.45) is 1.58. The van der Waals surface area contributed by atoms with Crippen molar-refractivity contribution in [1.29, 1.82) is 0 Å². The van der Waals surface area contributed by atoms with E-state index in [4.69, 9.17) is 21.4 Å². The quantitative estimate of drug-likeness (QED) is 0.779. The van der Waals surface area contributed by atoms with E-state index in [1.807, 2.05) is 0 Å². The van der Waals surface area contributed by atoms with Gasteiger partial charge in [-0.3, -0.25) is 4.79 Å². The molecule has 0 radical (unpaired) electrons. The minimum Gasteiger partial charge on any atom is -0.480 e. The van der Waals surface area contributed by atoms with Crippen molar-refractivity contribution in [2.75, 3.05) is 42.6 Å². The summed E-state index contributed by atoms with van der Waals surface area (Å²) in [5, 5.41) is 9.16. The first-order valence-corrected chi connectivity index (χ1v) is 6.36. The molecule has 1 saturated heterocycles. The van der Waals surface area contributed by atoms with Gasteiger partial charge < -0.3 is 19.6 Å². The third-order valence-electron chi connectivity index (χ3n) is 3.32. The Morgan fingerprint density at radius 1 is 1.63 bits per heavy atom. The van der Waals surface area contributed by atoms with E-state index in [-0.39, 0.29) is 17.9 Å². The highest BCUT2D eigenvalue weighted by atomic mass is 35.5. The van der Waals surface area contributed by atoms with Crippen LogP contribution < -0.4 is 9.80 Å². The number of aliphatic carboxylic acids is 1. The number of carbonyl (C=O) groups is 1. The van der Waals surface area contributed by atoms with Gasteiger partial charge in [-0.15, -0.1) is 0 Å². The molecule has 1 atom stereocenters. The summed E-state index contributed by atoms with van der Waals surface area (Å²) < 4.78 is 5.45. The Kier molecular flexibility index (Phi) is 3.16. The summed E-state index contributed by atoms with van der Waals surface area (Å²) in [6, 6.07) is 0.103. The predicted octanol–water partition coefficient (Wildman–Crippen LogP) is 0.240. The van der Waals surface area contributed by atoms with E-state index in [9.17, 15) is 4.79 Å². The lowest BCUT2D eigenvalue weighted by atomic mass is 10.1. The predicted molar refractivity (Wildman–Crippen MR) is 68.8 cm³/mol. The second-order valence-corrected chi connectivity index (χ2v) is 4.88. The fraction of sp³-hybridized carbons (Fsp3) is 0.545. The van der Waals surface area contributed by atoms with Gasteiger partial charge >= 0.3 is 5.97 Å². The van der Waals surface area contributed by atoms with Crippen LogP contribution in [0.2, 0.25) is 5.28 Å². The zero-order valence-corrected chi connectivity index (χ0v) is 10.9. The summed E-state index contributed by atoms with van der Waals surface area (Å²) in [6.45, 7) is 2.44. The Labute approximate surface area is 114 Å². The molecule has 8 heteroatoms. The second-order valence-electron chi connectivity index (χ2n) is 4.54. The van der Waals surface area contributed by atoms with Gasteiger partial charge in [0.1, 0.15) is 6.54 Å². The molecule has 2 aliphatic heterocycles. The molecular weight excluding hydrogens is 272 g/mol. The van der Waals surface area contributed by atoms with Crippen molar-refractivity contribution >= 4 is 29.1 Å². The van der Waals surface area contributed by atoms with Crippen LogP contribution in [0.15, 0.2) is 6.20 Å². The smallest absolute Gasteiger partial charge is 0.323 e. The van der Waals surface area contributed by atoms with Gasteiger partial charge in [-0.25, -0.2) is 4.98 Å². The number of ether oxygens (including phenoxy) is 1. The normalized spacial score (nSPS) is 21.8. The molecule has 1 N–H and O–H groups in total. The van der Waals surface area contributed by atoms with E-state index in [1.54, 1.807) is 11.1 Å². The van der Waals surface area contributed by atoms with Gasteiger partial charge in [0.05, 0.1) is 31.1 Å². The van der Waals surface area contributed by atoms with E-state index in [0.29, 0.717) is 31.3 Å². The molecule has 1 aromatic rings. The van der Waals surface area contributed by atoms with E-state index >= 15 is 0 Å². The van der Waals surface area contributed by atoms with Crippen LogP contribution >= 0.6 is 11.6 Å². The van der Waals surface area contributed by atoms with Crippen LogP contribution in [-0.2, 0) is 9.53 Å². The number of fused-ring (bicyclic) bond motifs is 3. The number of rotatable bonds is 2. The topological polar surface area (TPSA) is 78.8 Å². The number of hydrogen-bond acceptors (Lipinski definition) is 6. The summed E-state index contributed by atoms with van der Waals surface area (Å²) >= 11 is 5.85. The van der Waals surface area contributed by atoms with Crippen LogP contribution in [0.5, 0.6) is 0 Å². The maximum absolute atomic E-state index is 11.0. The van der Waals surface area contributed by atoms with Crippen LogP contribution in [0.1, 0.15) is 0 Å². The molecule has 102 valence electrons. The van der Waals surface area contributed by atoms with Crippen molar-refractivity contribution < 1.29 is 14.6 Å². The molecule has 0 spiro atoms. The molecule has 0 bridgehead atoms. The number of morpholine rings is 1. The molecule has 0 aliphatic carbocycles. The lowest BCUT2D eigenvalue weighted by Crippen LogP contribution is -2.56. The molecule has 1 unspecified atom stereocenters. The van der Waals surface area contributed by atoms with E-state index in [0.717, 1.165) is 6.54 Å². The Bertz CT molecular complexity index is 513. The summed E-state index contributed by atoms with van der Waals surface area (Å²) in [5.41, 5.74) is 0.713. The molecule has 7 nitrogen and oxygen atoms in total. The van der Waals surface area contributed by atoms with Gasteiger partial charge in [-0.05, 0) is 11.6 Å². The van der Waals surface area contributed by atoms with Crippen molar-refractivity contribution in [3.8, 4) is 0 Å². The molecule has 0 amide bonds. The molecule has 0 saturated carbocycles. The van der Waals surface area contributed by atoms with E-state index in [1.165, 1.54) is 0 Å². The first-order chi connectivity index (χ1) is 9.15. The molecular formula is C11H13ClN4O3. The van der Waals surface area contributed by atoms with Crippen molar-refractivity contribution in [2.24, 2.45) is 0 Å². The highest BCUT2D eigenvalue weighted by Crippen LogP contribution is 2.34. The Morgan fingerprint density at radius 2 is 2.47 bits per heavy atom. The van der Waals surface area contributed by atoms with Gasteiger partial charge in [-0.1, -0.05) is 0 Å². The van der Waals surface area contributed by atoms with Crippen LogP contribution in [0, 0.1) is 0 Å². The van der Waals surface area contributed by atoms with Gasteiger partial charge in [0, 0.05) is 13.1 Å². The SMILES string of the molecule is O=C(O)CN1CC2COCCN2c2nc(Cl)ncc21. The maximum Gasteiger partial charge on any atom is 0.323 e. The maximum atomic E-state index is 11.0. The van der Waals surface area contributed by atoms with E-state index in [2.05, 4.69) is 14.9 Å². The first kappa shape index (κ1) is 12.4. The standard InChI is InChI=1S/C11H13ClN4O3/c12-11-13-3-8-10(14-11)16-1-2-19-6-7(16)4-15(8)5-9(17)18/h3,7H,1-2,4-6H2,(H,17,18). The van der Waals surface area contributed by atoms with Gasteiger partial charge in [-0.2, -0.15) is 4.98 Å². The number of halogens is 1. The monoisotopic (exact) mass is 284 g/mol. The average Bonchev–Trinajstić information content (AvgIpc) is 2.38. The number of hydrogen-bond donors (Lipinski definition) is 1. The van der Waals surface area contributed by atoms with Gasteiger partial charge in [0.25, 0.3) is 0 Å².